The van der Waals surface area contributed by atoms with Crippen molar-refractivity contribution in [3.05, 3.63) is 45.8 Å². The van der Waals surface area contributed by atoms with Crippen LogP contribution < -0.4 is 5.32 Å². The number of rotatable bonds is 6. The van der Waals surface area contributed by atoms with Crippen molar-refractivity contribution >= 4 is 32.1 Å². The molecule has 0 radical (unpaired) electrons. The van der Waals surface area contributed by atoms with Gasteiger partial charge in [0, 0.05) is 11.3 Å². The van der Waals surface area contributed by atoms with Crippen molar-refractivity contribution in [3.8, 4) is 6.07 Å². The molecule has 1 amide bonds. The van der Waals surface area contributed by atoms with E-state index in [1.807, 2.05) is 6.92 Å². The van der Waals surface area contributed by atoms with E-state index < -0.39 is 9.84 Å². The minimum absolute atomic E-state index is 0.0763. The molecule has 7 heteroatoms. The van der Waals surface area contributed by atoms with Crippen molar-refractivity contribution in [1.82, 2.24) is 0 Å². The summed E-state index contributed by atoms with van der Waals surface area (Å²) in [5.41, 5.74) is 2.65. The van der Waals surface area contributed by atoms with E-state index in [4.69, 9.17) is 0 Å². The van der Waals surface area contributed by atoms with Crippen LogP contribution in [0.2, 0.25) is 0 Å². The van der Waals surface area contributed by atoms with E-state index in [9.17, 15) is 18.5 Å². The lowest BCUT2D eigenvalue weighted by atomic mass is 9.89. The number of amides is 1. The number of nitriles is 1. The molecule has 0 unspecified atom stereocenters. The van der Waals surface area contributed by atoms with E-state index in [0.29, 0.717) is 16.5 Å². The molecule has 0 saturated carbocycles. The summed E-state index contributed by atoms with van der Waals surface area (Å²) < 4.78 is 24.7. The first-order valence-corrected chi connectivity index (χ1v) is 11.9. The molecular weight excluding hydrogens is 392 g/mol. The number of carbonyl (C=O) groups is 1. The summed E-state index contributed by atoms with van der Waals surface area (Å²) in [4.78, 5) is 13.8. The van der Waals surface area contributed by atoms with Crippen LogP contribution >= 0.6 is 11.3 Å². The van der Waals surface area contributed by atoms with E-state index in [0.717, 1.165) is 30.4 Å². The Bertz CT molecular complexity index is 1020. The van der Waals surface area contributed by atoms with Crippen LogP contribution in [0.4, 0.5) is 5.00 Å². The van der Waals surface area contributed by atoms with Crippen LogP contribution in [0.15, 0.2) is 29.2 Å². The van der Waals surface area contributed by atoms with Gasteiger partial charge in [-0.05, 0) is 56.2 Å². The molecule has 3 rings (SSSR count). The minimum atomic E-state index is -3.40. The number of hydrogen-bond donors (Lipinski definition) is 1. The zero-order valence-electron chi connectivity index (χ0n) is 16.1. The monoisotopic (exact) mass is 416 g/mol. The van der Waals surface area contributed by atoms with Crippen LogP contribution in [0.3, 0.4) is 0 Å². The maximum atomic E-state index is 12.4. The van der Waals surface area contributed by atoms with Gasteiger partial charge in [0.1, 0.15) is 11.1 Å². The van der Waals surface area contributed by atoms with Gasteiger partial charge in [-0.25, -0.2) is 8.42 Å². The first-order valence-electron chi connectivity index (χ1n) is 9.44. The third-order valence-electron chi connectivity index (χ3n) is 5.07. The Morgan fingerprint density at radius 1 is 1.32 bits per heavy atom. The fraction of sp³-hybridized carbons (Fsp3) is 0.429. The Balaban J connectivity index is 1.59. The van der Waals surface area contributed by atoms with Crippen LogP contribution in [-0.2, 0) is 27.5 Å². The fourth-order valence-corrected chi connectivity index (χ4v) is 6.12. The lowest BCUT2D eigenvalue weighted by Crippen LogP contribution is -2.14. The van der Waals surface area contributed by atoms with Gasteiger partial charge in [-0.15, -0.1) is 11.3 Å². The van der Waals surface area contributed by atoms with Gasteiger partial charge < -0.3 is 5.32 Å². The van der Waals surface area contributed by atoms with Gasteiger partial charge in [-0.1, -0.05) is 24.6 Å². The molecule has 1 atom stereocenters. The molecule has 0 saturated heterocycles. The Morgan fingerprint density at radius 2 is 2.04 bits per heavy atom. The zero-order chi connectivity index (χ0) is 20.3. The maximum absolute atomic E-state index is 12.4. The van der Waals surface area contributed by atoms with E-state index in [-0.39, 0.29) is 29.4 Å². The van der Waals surface area contributed by atoms with Crippen molar-refractivity contribution in [1.29, 1.82) is 5.26 Å². The number of aryl methyl sites for hydroxylation is 1. The predicted octanol–water partition coefficient (Wildman–Crippen LogP) is 4.25. The van der Waals surface area contributed by atoms with E-state index >= 15 is 0 Å². The molecule has 1 aromatic carbocycles. The highest BCUT2D eigenvalue weighted by molar-refractivity contribution is 7.91. The molecule has 28 heavy (non-hydrogen) atoms. The average molecular weight is 417 g/mol. The Labute approximate surface area is 170 Å². The summed E-state index contributed by atoms with van der Waals surface area (Å²) >= 11 is 1.48. The first kappa shape index (κ1) is 20.6. The number of sulfone groups is 1. The first-order chi connectivity index (χ1) is 13.3. The number of fused-ring (bicyclic) bond motifs is 1. The van der Waals surface area contributed by atoms with Crippen molar-refractivity contribution < 1.29 is 13.2 Å². The molecule has 0 aliphatic heterocycles. The largest absolute Gasteiger partial charge is 0.317 e. The SMILES string of the molecule is Cc1ccc(S(=O)(=O)CCCC(=O)Nc2sc3c(c2C#N)CC[C@@H](C)C3)cc1. The topological polar surface area (TPSA) is 87.0 Å². The molecule has 1 heterocycles. The quantitative estimate of drug-likeness (QED) is 0.763. The van der Waals surface area contributed by atoms with Crippen molar-refractivity contribution in [2.24, 2.45) is 5.92 Å². The second-order valence-corrected chi connectivity index (χ2v) is 10.7. The molecule has 1 aliphatic carbocycles. The van der Waals surface area contributed by atoms with E-state index in [1.54, 1.807) is 24.3 Å². The van der Waals surface area contributed by atoms with Crippen LogP contribution in [0.25, 0.3) is 0 Å². The minimum Gasteiger partial charge on any atom is -0.317 e. The van der Waals surface area contributed by atoms with E-state index in [1.165, 1.54) is 16.2 Å². The number of benzene rings is 1. The van der Waals surface area contributed by atoms with Crippen LogP contribution in [0.5, 0.6) is 0 Å². The molecule has 1 N–H and O–H groups in total. The summed E-state index contributed by atoms with van der Waals surface area (Å²) in [6.45, 7) is 4.10. The lowest BCUT2D eigenvalue weighted by Gasteiger charge is -2.17. The molecule has 0 fully saturated rings. The summed E-state index contributed by atoms with van der Waals surface area (Å²) in [6.07, 6.45) is 3.23. The highest BCUT2D eigenvalue weighted by Gasteiger charge is 2.24. The normalized spacial score (nSPS) is 16.2. The highest BCUT2D eigenvalue weighted by Crippen LogP contribution is 2.39. The van der Waals surface area contributed by atoms with Gasteiger partial charge in [0.05, 0.1) is 16.2 Å². The van der Waals surface area contributed by atoms with Gasteiger partial charge in [0.25, 0.3) is 0 Å². The smallest absolute Gasteiger partial charge is 0.225 e. The van der Waals surface area contributed by atoms with Crippen LogP contribution in [-0.4, -0.2) is 20.1 Å². The Kier molecular flexibility index (Phi) is 6.21. The van der Waals surface area contributed by atoms with Crippen molar-refractivity contribution in [3.63, 3.8) is 0 Å². The Morgan fingerprint density at radius 3 is 2.71 bits per heavy atom. The average Bonchev–Trinajstić information content (AvgIpc) is 2.97. The van der Waals surface area contributed by atoms with E-state index in [2.05, 4.69) is 18.3 Å². The standard InChI is InChI=1S/C21H24N2O3S2/c1-14-5-8-16(9-6-14)28(25,26)11-3-4-20(24)23-21-18(13-22)17-10-7-15(2)12-19(17)27-21/h5-6,8-9,15H,3-4,7,10-12H2,1-2H3,(H,23,24)/t15-/m1/s1. The van der Waals surface area contributed by atoms with Gasteiger partial charge in [0.2, 0.25) is 5.91 Å². The summed E-state index contributed by atoms with van der Waals surface area (Å²) in [7, 11) is -3.40. The third-order valence-corrected chi connectivity index (χ3v) is 8.06. The molecule has 1 aromatic heterocycles. The van der Waals surface area contributed by atoms with Gasteiger partial charge >= 0.3 is 0 Å². The number of carbonyl (C=O) groups excluding carboxylic acids is 1. The molecule has 0 spiro atoms. The molecular formula is C21H24N2O3S2. The third kappa shape index (κ3) is 4.62. The molecule has 0 bridgehead atoms. The van der Waals surface area contributed by atoms with Gasteiger partial charge in [-0.3, -0.25) is 4.79 Å². The summed E-state index contributed by atoms with van der Waals surface area (Å²) in [5.74, 6) is 0.267. The number of nitrogens with one attached hydrogen (secondary N) is 1. The van der Waals surface area contributed by atoms with Crippen molar-refractivity contribution in [2.45, 2.75) is 50.8 Å². The number of thiophene rings is 1. The van der Waals surface area contributed by atoms with Crippen LogP contribution in [0, 0.1) is 24.2 Å². The molecule has 5 nitrogen and oxygen atoms in total. The number of nitrogens with zero attached hydrogens (tertiary/aromatic N) is 1. The molecule has 2 aromatic rings. The predicted molar refractivity (Wildman–Crippen MR) is 111 cm³/mol. The Hall–Kier alpha value is -2.17. The fourth-order valence-electron chi connectivity index (χ4n) is 3.43. The van der Waals surface area contributed by atoms with Gasteiger partial charge in [0.15, 0.2) is 9.84 Å². The molecule has 148 valence electrons. The number of anilines is 1. The van der Waals surface area contributed by atoms with Gasteiger partial charge in [-0.2, -0.15) is 5.26 Å². The highest BCUT2D eigenvalue weighted by atomic mass is 32.2. The van der Waals surface area contributed by atoms with Crippen LogP contribution in [0.1, 0.15) is 47.8 Å². The maximum Gasteiger partial charge on any atom is 0.225 e. The second kappa shape index (κ2) is 8.46. The second-order valence-electron chi connectivity index (χ2n) is 7.45. The molecule has 1 aliphatic rings. The summed E-state index contributed by atoms with van der Waals surface area (Å²) in [6, 6.07) is 8.96. The zero-order valence-corrected chi connectivity index (χ0v) is 17.8. The summed E-state index contributed by atoms with van der Waals surface area (Å²) in [5, 5.41) is 12.9. The number of hydrogen-bond acceptors (Lipinski definition) is 5. The van der Waals surface area contributed by atoms with Crippen molar-refractivity contribution in [2.75, 3.05) is 11.1 Å². The lowest BCUT2D eigenvalue weighted by molar-refractivity contribution is -0.116.